The van der Waals surface area contributed by atoms with Gasteiger partial charge in [0.2, 0.25) is 11.8 Å². The van der Waals surface area contributed by atoms with Gasteiger partial charge in [-0.05, 0) is 61.5 Å². The molecule has 0 spiro atoms. The van der Waals surface area contributed by atoms with Crippen LogP contribution in [0.4, 0.5) is 15.8 Å². The number of rotatable bonds is 8. The van der Waals surface area contributed by atoms with Crippen molar-refractivity contribution in [1.82, 2.24) is 19.8 Å². The molecule has 1 atom stereocenters. The smallest absolute Gasteiger partial charge is 0.236 e. The number of halogens is 1. The van der Waals surface area contributed by atoms with E-state index >= 15 is 0 Å². The number of hydrogen-bond donors (Lipinski definition) is 3. The number of aromatic nitrogens is 2. The number of likely N-dealkylation sites (tertiary alicyclic amines) is 1. The quantitative estimate of drug-likeness (QED) is 0.367. The van der Waals surface area contributed by atoms with Gasteiger partial charge in [-0.15, -0.1) is 0 Å². The van der Waals surface area contributed by atoms with Gasteiger partial charge in [0.05, 0.1) is 18.6 Å². The Morgan fingerprint density at radius 1 is 1.00 bits per heavy atom. The van der Waals surface area contributed by atoms with E-state index in [4.69, 9.17) is 0 Å². The molecule has 2 saturated heterocycles. The number of carbonyl (C=O) groups excluding carboxylic acids is 2. The molecule has 2 aliphatic rings. The summed E-state index contributed by atoms with van der Waals surface area (Å²) in [6.07, 6.45) is 3.83. The summed E-state index contributed by atoms with van der Waals surface area (Å²) in [5.74, 6) is 0.107. The number of benzene rings is 2. The first-order chi connectivity index (χ1) is 19.4. The van der Waals surface area contributed by atoms with Crippen molar-refractivity contribution < 1.29 is 24.2 Å². The molecule has 5 rings (SSSR count). The fraction of sp³-hybridized carbons (Fsp3) is 0.379. The Balaban J connectivity index is 1.12. The van der Waals surface area contributed by atoms with Crippen molar-refractivity contribution in [3.8, 4) is 17.1 Å². The van der Waals surface area contributed by atoms with E-state index in [-0.39, 0.29) is 42.8 Å². The first-order valence-corrected chi connectivity index (χ1v) is 13.3. The van der Waals surface area contributed by atoms with Crippen LogP contribution in [-0.4, -0.2) is 94.2 Å². The largest absolute Gasteiger partial charge is 0.508 e. The number of nitrogens with one attached hydrogen (secondary N) is 1. The third-order valence-corrected chi connectivity index (χ3v) is 7.75. The molecule has 0 bridgehead atoms. The van der Waals surface area contributed by atoms with Gasteiger partial charge in [-0.2, -0.15) is 0 Å². The van der Waals surface area contributed by atoms with E-state index in [1.807, 2.05) is 34.1 Å². The summed E-state index contributed by atoms with van der Waals surface area (Å²) < 4.78 is 13.1. The summed E-state index contributed by atoms with van der Waals surface area (Å²) >= 11 is 0. The molecule has 0 unspecified atom stereocenters. The number of hydrogen-bond acceptors (Lipinski definition) is 8. The molecule has 210 valence electrons. The topological polar surface area (TPSA) is 122 Å². The minimum Gasteiger partial charge on any atom is -0.508 e. The zero-order valence-corrected chi connectivity index (χ0v) is 22.2. The maximum absolute atomic E-state index is 13.1. The Bertz CT molecular complexity index is 1330. The Labute approximate surface area is 232 Å². The first kappa shape index (κ1) is 27.5. The molecule has 1 aromatic heterocycles. The van der Waals surface area contributed by atoms with Crippen molar-refractivity contribution in [2.75, 3.05) is 62.6 Å². The number of aliphatic hydroxyl groups excluding tert-OH is 1. The lowest BCUT2D eigenvalue weighted by Gasteiger charge is -2.37. The van der Waals surface area contributed by atoms with Crippen molar-refractivity contribution in [1.29, 1.82) is 0 Å². The van der Waals surface area contributed by atoms with E-state index < -0.39 is 12.1 Å². The van der Waals surface area contributed by atoms with Crippen LogP contribution in [0.2, 0.25) is 0 Å². The molecule has 0 radical (unpaired) electrons. The predicted octanol–water partition coefficient (Wildman–Crippen LogP) is 2.29. The van der Waals surface area contributed by atoms with Crippen LogP contribution in [0, 0.1) is 5.41 Å². The second-order valence-electron chi connectivity index (χ2n) is 10.3. The van der Waals surface area contributed by atoms with Crippen LogP contribution in [-0.2, 0) is 16.3 Å². The standard InChI is InChI=1S/C29H33FN6O4/c30-17-22-16-23(4-7-25(22)38)33-28(40)29(20-37)8-11-34(19-29)18-26(39)36-14-12-35(13-15-36)24-5-2-21(3-6-24)27-31-9-1-10-32-27/h1-7,9-10,16,37-38H,8,11-15,17-20H2,(H,33,40)/t29-/m0/s1. The molecule has 2 aromatic carbocycles. The van der Waals surface area contributed by atoms with E-state index in [0.29, 0.717) is 50.7 Å². The number of alkyl halides is 1. The van der Waals surface area contributed by atoms with Gasteiger partial charge >= 0.3 is 0 Å². The van der Waals surface area contributed by atoms with Crippen LogP contribution < -0.4 is 10.2 Å². The molecule has 3 heterocycles. The molecular formula is C29H33FN6O4. The number of piperazine rings is 1. The highest BCUT2D eigenvalue weighted by atomic mass is 19.1. The minimum atomic E-state index is -1.07. The van der Waals surface area contributed by atoms with Crippen molar-refractivity contribution in [3.05, 3.63) is 66.5 Å². The summed E-state index contributed by atoms with van der Waals surface area (Å²) in [4.78, 5) is 40.7. The average Bonchev–Trinajstić information content (AvgIpc) is 3.43. The number of amides is 2. The van der Waals surface area contributed by atoms with Crippen LogP contribution in [0.3, 0.4) is 0 Å². The van der Waals surface area contributed by atoms with Gasteiger partial charge in [0, 0.05) is 67.6 Å². The van der Waals surface area contributed by atoms with Gasteiger partial charge in [-0.25, -0.2) is 14.4 Å². The lowest BCUT2D eigenvalue weighted by atomic mass is 9.87. The fourth-order valence-corrected chi connectivity index (χ4v) is 5.29. The SMILES string of the molecule is O=C(CN1CC[C@](CO)(C(=O)Nc2ccc(O)c(CF)c2)C1)N1CCN(c2ccc(-c3ncccn3)cc2)CC1. The molecule has 3 N–H and O–H groups in total. The molecule has 2 aliphatic heterocycles. The Morgan fingerprint density at radius 3 is 2.40 bits per heavy atom. The lowest BCUT2D eigenvalue weighted by Crippen LogP contribution is -2.51. The molecule has 2 amide bonds. The van der Waals surface area contributed by atoms with Crippen LogP contribution in [0.15, 0.2) is 60.9 Å². The zero-order valence-electron chi connectivity index (χ0n) is 22.2. The van der Waals surface area contributed by atoms with E-state index in [1.165, 1.54) is 18.2 Å². The van der Waals surface area contributed by atoms with Gasteiger partial charge < -0.3 is 25.3 Å². The maximum Gasteiger partial charge on any atom is 0.236 e. The zero-order chi connectivity index (χ0) is 28.1. The number of aromatic hydroxyl groups is 1. The number of aliphatic hydroxyl groups is 1. The summed E-state index contributed by atoms with van der Waals surface area (Å²) in [5, 5.41) is 22.6. The van der Waals surface area contributed by atoms with Gasteiger partial charge in [-0.3, -0.25) is 14.5 Å². The molecule has 3 aromatic rings. The highest BCUT2D eigenvalue weighted by molar-refractivity contribution is 5.96. The van der Waals surface area contributed by atoms with E-state index in [0.717, 1.165) is 11.3 Å². The lowest BCUT2D eigenvalue weighted by molar-refractivity contribution is -0.133. The predicted molar refractivity (Wildman–Crippen MR) is 148 cm³/mol. The first-order valence-electron chi connectivity index (χ1n) is 13.3. The van der Waals surface area contributed by atoms with Crippen LogP contribution in [0.1, 0.15) is 12.0 Å². The molecule has 2 fully saturated rings. The van der Waals surface area contributed by atoms with Crippen LogP contribution in [0.25, 0.3) is 11.4 Å². The van der Waals surface area contributed by atoms with E-state index in [1.54, 1.807) is 18.5 Å². The maximum atomic E-state index is 13.1. The second kappa shape index (κ2) is 12.0. The minimum absolute atomic E-state index is 0.00325. The van der Waals surface area contributed by atoms with Gasteiger partial charge in [0.15, 0.2) is 5.82 Å². The molecule has 0 saturated carbocycles. The third-order valence-electron chi connectivity index (χ3n) is 7.75. The number of carbonyl (C=O) groups is 2. The number of phenolic OH excluding ortho intramolecular Hbond substituents is 1. The van der Waals surface area contributed by atoms with Crippen molar-refractivity contribution >= 4 is 23.2 Å². The normalized spacial score (nSPS) is 19.6. The number of phenols is 1. The van der Waals surface area contributed by atoms with E-state index in [2.05, 4.69) is 20.2 Å². The Kier molecular flexibility index (Phi) is 8.22. The summed E-state index contributed by atoms with van der Waals surface area (Å²) in [6, 6.07) is 14.1. The van der Waals surface area contributed by atoms with Crippen molar-refractivity contribution in [3.63, 3.8) is 0 Å². The molecule has 10 nitrogen and oxygen atoms in total. The fourth-order valence-electron chi connectivity index (χ4n) is 5.29. The summed E-state index contributed by atoms with van der Waals surface area (Å²) in [5.41, 5.74) is 1.39. The number of nitrogens with zero attached hydrogens (tertiary/aromatic N) is 5. The average molecular weight is 549 g/mol. The highest BCUT2D eigenvalue weighted by Crippen LogP contribution is 2.32. The van der Waals surface area contributed by atoms with Crippen molar-refractivity contribution in [2.24, 2.45) is 5.41 Å². The number of anilines is 2. The van der Waals surface area contributed by atoms with Gasteiger partial charge in [0.25, 0.3) is 0 Å². The highest BCUT2D eigenvalue weighted by Gasteiger charge is 2.45. The molecule has 11 heteroatoms. The summed E-state index contributed by atoms with van der Waals surface area (Å²) in [7, 11) is 0. The van der Waals surface area contributed by atoms with Crippen LogP contribution in [0.5, 0.6) is 5.75 Å². The van der Waals surface area contributed by atoms with Gasteiger partial charge in [-0.1, -0.05) is 0 Å². The van der Waals surface area contributed by atoms with Gasteiger partial charge in [0.1, 0.15) is 12.4 Å². The Hall–Kier alpha value is -4.09. The Morgan fingerprint density at radius 2 is 1.73 bits per heavy atom. The second-order valence-corrected chi connectivity index (χ2v) is 10.3. The molecule has 40 heavy (non-hydrogen) atoms. The van der Waals surface area contributed by atoms with Crippen LogP contribution >= 0.6 is 0 Å². The summed E-state index contributed by atoms with van der Waals surface area (Å²) in [6.45, 7) is 2.30. The van der Waals surface area contributed by atoms with Crippen molar-refractivity contribution in [2.45, 2.75) is 13.1 Å². The molecule has 0 aliphatic carbocycles. The third kappa shape index (κ3) is 5.90. The monoisotopic (exact) mass is 548 g/mol. The molecular weight excluding hydrogens is 515 g/mol. The van der Waals surface area contributed by atoms with E-state index in [9.17, 15) is 24.2 Å².